The van der Waals surface area contributed by atoms with Gasteiger partial charge in [-0.2, -0.15) is 0 Å². The molecule has 0 bridgehead atoms. The summed E-state index contributed by atoms with van der Waals surface area (Å²) in [4.78, 5) is 0. The standard InChI is InChI=1S/C38H30/c1-27-14-18-30(19-15-27)32-10-6-12-34(22-32)37-24-36(29-8-4-3-5-9-29)25-38(26-37)35-13-7-11-33(23-35)31-20-16-28(2)17-21-31/h3-26H,1-2H3. The molecular weight excluding hydrogens is 456 g/mol. The minimum atomic E-state index is 1.22. The zero-order valence-corrected chi connectivity index (χ0v) is 21.9. The van der Waals surface area contributed by atoms with Gasteiger partial charge in [-0.25, -0.2) is 0 Å². The average Bonchev–Trinajstić information content (AvgIpc) is 2.98. The Labute approximate surface area is 225 Å². The molecule has 182 valence electrons. The second kappa shape index (κ2) is 10.4. The molecule has 0 aliphatic rings. The number of benzene rings is 6. The Balaban J connectivity index is 1.48. The van der Waals surface area contributed by atoms with Gasteiger partial charge in [-0.1, -0.05) is 126 Å². The summed E-state index contributed by atoms with van der Waals surface area (Å²) in [6.07, 6.45) is 0. The molecule has 0 heterocycles. The molecule has 0 aliphatic carbocycles. The van der Waals surface area contributed by atoms with Gasteiger partial charge in [0.15, 0.2) is 0 Å². The van der Waals surface area contributed by atoms with Gasteiger partial charge >= 0.3 is 0 Å². The molecule has 0 fully saturated rings. The first kappa shape index (κ1) is 23.7. The molecule has 0 saturated heterocycles. The molecule has 0 spiro atoms. The van der Waals surface area contributed by atoms with Gasteiger partial charge in [0.05, 0.1) is 0 Å². The zero-order chi connectivity index (χ0) is 25.9. The first-order chi connectivity index (χ1) is 18.6. The lowest BCUT2D eigenvalue weighted by Crippen LogP contribution is -1.88. The lowest BCUT2D eigenvalue weighted by Gasteiger charge is -2.13. The fourth-order valence-electron chi connectivity index (χ4n) is 5.01. The van der Waals surface area contributed by atoms with Crippen LogP contribution in [-0.2, 0) is 0 Å². The van der Waals surface area contributed by atoms with E-state index in [2.05, 4.69) is 159 Å². The molecule has 0 amide bonds. The van der Waals surface area contributed by atoms with Gasteiger partial charge in [0.2, 0.25) is 0 Å². The van der Waals surface area contributed by atoms with Crippen molar-refractivity contribution in [2.45, 2.75) is 13.8 Å². The summed E-state index contributed by atoms with van der Waals surface area (Å²) in [6, 6.07) is 52.9. The molecular formula is C38H30. The highest BCUT2D eigenvalue weighted by molar-refractivity contribution is 5.84. The molecule has 0 radical (unpaired) electrons. The first-order valence-electron chi connectivity index (χ1n) is 13.2. The van der Waals surface area contributed by atoms with E-state index in [0.29, 0.717) is 0 Å². The molecule has 0 saturated carbocycles. The van der Waals surface area contributed by atoms with Gasteiger partial charge in [-0.05, 0) is 99.8 Å². The predicted octanol–water partition coefficient (Wildman–Crippen LogP) is 10.6. The number of hydrogen-bond acceptors (Lipinski definition) is 0. The van der Waals surface area contributed by atoms with E-state index in [9.17, 15) is 0 Å². The maximum atomic E-state index is 2.33. The number of hydrogen-bond donors (Lipinski definition) is 0. The molecule has 0 aromatic heterocycles. The van der Waals surface area contributed by atoms with Crippen molar-refractivity contribution >= 4 is 0 Å². The average molecular weight is 487 g/mol. The third-order valence-corrected chi connectivity index (χ3v) is 7.20. The van der Waals surface area contributed by atoms with Crippen LogP contribution in [0.2, 0.25) is 0 Å². The summed E-state index contributed by atoms with van der Waals surface area (Å²) >= 11 is 0. The largest absolute Gasteiger partial charge is 0.0622 e. The molecule has 38 heavy (non-hydrogen) atoms. The molecule has 6 rings (SSSR count). The van der Waals surface area contributed by atoms with Crippen LogP contribution in [-0.4, -0.2) is 0 Å². The molecule has 0 N–H and O–H groups in total. The van der Waals surface area contributed by atoms with E-state index in [-0.39, 0.29) is 0 Å². The molecule has 0 heteroatoms. The summed E-state index contributed by atoms with van der Waals surface area (Å²) in [5, 5.41) is 0. The predicted molar refractivity (Wildman–Crippen MR) is 163 cm³/mol. The first-order valence-corrected chi connectivity index (χ1v) is 13.2. The zero-order valence-electron chi connectivity index (χ0n) is 21.9. The van der Waals surface area contributed by atoms with Crippen molar-refractivity contribution < 1.29 is 0 Å². The highest BCUT2D eigenvalue weighted by atomic mass is 14.1. The lowest BCUT2D eigenvalue weighted by atomic mass is 9.91. The third-order valence-electron chi connectivity index (χ3n) is 7.20. The van der Waals surface area contributed by atoms with Crippen molar-refractivity contribution in [1.29, 1.82) is 0 Å². The van der Waals surface area contributed by atoms with Crippen LogP contribution in [0.15, 0.2) is 146 Å². The van der Waals surface area contributed by atoms with Crippen LogP contribution in [0.3, 0.4) is 0 Å². The molecule has 0 atom stereocenters. The van der Waals surface area contributed by atoms with Gasteiger partial charge in [-0.15, -0.1) is 0 Å². The second-order valence-electron chi connectivity index (χ2n) is 10.1. The Bertz CT molecular complexity index is 1580. The Kier molecular flexibility index (Phi) is 6.46. The van der Waals surface area contributed by atoms with Crippen LogP contribution in [0.1, 0.15) is 11.1 Å². The van der Waals surface area contributed by atoms with Crippen molar-refractivity contribution in [3.8, 4) is 55.6 Å². The molecule has 6 aromatic carbocycles. The van der Waals surface area contributed by atoms with Crippen molar-refractivity contribution in [2.24, 2.45) is 0 Å². The van der Waals surface area contributed by atoms with E-state index in [1.807, 2.05) is 0 Å². The minimum Gasteiger partial charge on any atom is -0.0622 e. The normalized spacial score (nSPS) is 10.9. The summed E-state index contributed by atoms with van der Waals surface area (Å²) in [6.45, 7) is 4.26. The van der Waals surface area contributed by atoms with Crippen LogP contribution < -0.4 is 0 Å². The highest BCUT2D eigenvalue weighted by Gasteiger charge is 2.10. The molecule has 0 aliphatic heterocycles. The summed E-state index contributed by atoms with van der Waals surface area (Å²) in [5.74, 6) is 0. The quantitative estimate of drug-likeness (QED) is 0.227. The van der Waals surface area contributed by atoms with Crippen molar-refractivity contribution in [3.05, 3.63) is 157 Å². The van der Waals surface area contributed by atoms with Crippen LogP contribution in [0.4, 0.5) is 0 Å². The fourth-order valence-corrected chi connectivity index (χ4v) is 5.01. The third kappa shape index (κ3) is 5.08. The summed E-state index contributed by atoms with van der Waals surface area (Å²) in [5.41, 5.74) is 14.8. The van der Waals surface area contributed by atoms with Crippen LogP contribution in [0.25, 0.3) is 55.6 Å². The van der Waals surface area contributed by atoms with Gasteiger partial charge in [0.25, 0.3) is 0 Å². The second-order valence-corrected chi connectivity index (χ2v) is 10.1. The Morgan fingerprint density at radius 2 is 0.526 bits per heavy atom. The Hall–Kier alpha value is -4.68. The van der Waals surface area contributed by atoms with E-state index in [1.165, 1.54) is 66.8 Å². The SMILES string of the molecule is Cc1ccc(-c2cccc(-c3cc(-c4ccccc4)cc(-c4cccc(-c5ccc(C)cc5)c4)c3)c2)cc1. The topological polar surface area (TPSA) is 0 Å². The van der Waals surface area contributed by atoms with Gasteiger partial charge in [0, 0.05) is 0 Å². The minimum absolute atomic E-state index is 1.22. The Morgan fingerprint density at radius 3 is 0.947 bits per heavy atom. The fraction of sp³-hybridized carbons (Fsp3) is 0.0526. The van der Waals surface area contributed by atoms with E-state index in [1.54, 1.807) is 0 Å². The van der Waals surface area contributed by atoms with Crippen LogP contribution in [0, 0.1) is 13.8 Å². The summed E-state index contributed by atoms with van der Waals surface area (Å²) in [7, 11) is 0. The van der Waals surface area contributed by atoms with E-state index in [4.69, 9.17) is 0 Å². The molecule has 6 aromatic rings. The summed E-state index contributed by atoms with van der Waals surface area (Å²) < 4.78 is 0. The van der Waals surface area contributed by atoms with Crippen molar-refractivity contribution in [1.82, 2.24) is 0 Å². The molecule has 0 nitrogen and oxygen atoms in total. The van der Waals surface area contributed by atoms with E-state index >= 15 is 0 Å². The van der Waals surface area contributed by atoms with Crippen molar-refractivity contribution in [2.75, 3.05) is 0 Å². The van der Waals surface area contributed by atoms with Gasteiger partial charge in [0.1, 0.15) is 0 Å². The maximum Gasteiger partial charge on any atom is -0.0171 e. The molecule has 0 unspecified atom stereocenters. The van der Waals surface area contributed by atoms with Gasteiger partial charge < -0.3 is 0 Å². The van der Waals surface area contributed by atoms with E-state index in [0.717, 1.165) is 0 Å². The Morgan fingerprint density at radius 1 is 0.237 bits per heavy atom. The highest BCUT2D eigenvalue weighted by Crippen LogP contribution is 2.35. The van der Waals surface area contributed by atoms with Gasteiger partial charge in [-0.3, -0.25) is 0 Å². The smallest absolute Gasteiger partial charge is 0.0171 e. The maximum absolute atomic E-state index is 2.33. The number of rotatable bonds is 5. The van der Waals surface area contributed by atoms with Crippen LogP contribution in [0.5, 0.6) is 0 Å². The monoisotopic (exact) mass is 486 g/mol. The lowest BCUT2D eigenvalue weighted by molar-refractivity contribution is 1.47. The van der Waals surface area contributed by atoms with Crippen LogP contribution >= 0.6 is 0 Å². The van der Waals surface area contributed by atoms with E-state index < -0.39 is 0 Å². The van der Waals surface area contributed by atoms with Crippen molar-refractivity contribution in [3.63, 3.8) is 0 Å². The number of aryl methyl sites for hydroxylation is 2.